The zero-order valence-corrected chi connectivity index (χ0v) is 23.7. The van der Waals surface area contributed by atoms with Gasteiger partial charge in [0.05, 0.1) is 19.2 Å². The lowest BCUT2D eigenvalue weighted by atomic mass is 10.0. The minimum atomic E-state index is -1.37. The van der Waals surface area contributed by atoms with E-state index in [1.54, 1.807) is 43.6 Å². The Bertz CT molecular complexity index is 1640. The van der Waals surface area contributed by atoms with Crippen LogP contribution in [0.4, 0.5) is 10.2 Å². The first-order valence-corrected chi connectivity index (χ1v) is 13.2. The van der Waals surface area contributed by atoms with E-state index < -0.39 is 24.0 Å². The van der Waals surface area contributed by atoms with E-state index in [1.807, 2.05) is 0 Å². The highest BCUT2D eigenvalue weighted by molar-refractivity contribution is 9.10. The fraction of sp³-hybridized carbons (Fsp3) is 0.296. The van der Waals surface area contributed by atoms with E-state index in [0.717, 1.165) is 16.1 Å². The van der Waals surface area contributed by atoms with Gasteiger partial charge in [-0.1, -0.05) is 6.07 Å². The Kier molecular flexibility index (Phi) is 7.32. The summed E-state index contributed by atoms with van der Waals surface area (Å²) >= 11 is 3.34. The van der Waals surface area contributed by atoms with Gasteiger partial charge in [0.1, 0.15) is 34.1 Å². The van der Waals surface area contributed by atoms with Gasteiger partial charge in [-0.25, -0.2) is 19.3 Å². The molecule has 2 amide bonds. The van der Waals surface area contributed by atoms with Crippen LogP contribution in [0.1, 0.15) is 36.6 Å². The molecule has 0 aliphatic carbocycles. The first-order valence-electron chi connectivity index (χ1n) is 12.4. The second-order valence-corrected chi connectivity index (χ2v) is 10.2. The van der Waals surface area contributed by atoms with Crippen molar-refractivity contribution in [2.24, 2.45) is 0 Å². The van der Waals surface area contributed by atoms with Gasteiger partial charge in [-0.05, 0) is 40.5 Å². The highest BCUT2D eigenvalue weighted by Crippen LogP contribution is 2.32. The minimum absolute atomic E-state index is 0.0950. The van der Waals surface area contributed by atoms with Gasteiger partial charge in [-0.3, -0.25) is 14.4 Å². The average molecular weight is 610 g/mol. The Morgan fingerprint density at radius 2 is 1.82 bits per heavy atom. The number of halogens is 2. The maximum absolute atomic E-state index is 14.5. The third kappa shape index (κ3) is 5.04. The third-order valence-electron chi connectivity index (χ3n) is 6.65. The van der Waals surface area contributed by atoms with Gasteiger partial charge in [-0.2, -0.15) is 9.80 Å². The van der Waals surface area contributed by atoms with Crippen LogP contribution >= 0.6 is 15.9 Å². The number of hydrogen-bond donors (Lipinski definition) is 0. The molecule has 1 aliphatic rings. The summed E-state index contributed by atoms with van der Waals surface area (Å²) in [6.07, 6.45) is 1.81. The normalized spacial score (nSPS) is 16.8. The van der Waals surface area contributed by atoms with Crippen molar-refractivity contribution in [3.63, 3.8) is 0 Å². The maximum atomic E-state index is 14.5. The number of hydrogen-bond acceptors (Lipinski definition) is 8. The first-order chi connectivity index (χ1) is 19.1. The molecule has 4 aromatic rings. The van der Waals surface area contributed by atoms with Crippen LogP contribution in [0, 0.1) is 6.92 Å². The van der Waals surface area contributed by atoms with Crippen molar-refractivity contribution in [1.29, 1.82) is 0 Å². The Labute approximate surface area is 237 Å². The molecule has 1 fully saturated rings. The molecule has 40 heavy (non-hydrogen) atoms. The van der Waals surface area contributed by atoms with E-state index >= 15 is 0 Å². The molecule has 0 N–H and O–H groups in total. The summed E-state index contributed by atoms with van der Waals surface area (Å²) in [7, 11) is 1.47. The smallest absolute Gasteiger partial charge is 0.271 e. The van der Waals surface area contributed by atoms with Crippen LogP contribution in [0.15, 0.2) is 47.3 Å². The van der Waals surface area contributed by atoms with Crippen molar-refractivity contribution >= 4 is 50.2 Å². The van der Waals surface area contributed by atoms with Gasteiger partial charge < -0.3 is 9.64 Å². The predicted molar refractivity (Wildman–Crippen MR) is 148 cm³/mol. The number of alkyl halides is 1. The number of Topliss-reactive ketones (excluding diaryl/α,β-unsaturated/α-hetero) is 1. The van der Waals surface area contributed by atoms with Gasteiger partial charge in [0.25, 0.3) is 5.91 Å². The molecule has 1 saturated heterocycles. The van der Waals surface area contributed by atoms with E-state index in [1.165, 1.54) is 36.7 Å². The molecule has 0 saturated carbocycles. The minimum Gasteiger partial charge on any atom is -0.497 e. The number of amides is 2. The standard InChI is InChI=1S/C27H25BrFN7O4/c1-14(37)26-21-7-17(18-11-30-15(2)31-12-18)5-6-22(21)36(33-26)35(25-10-20(40-4)9-24(28)32-25)27(39)23-8-19(29)13-34(23)16(3)38/h5-7,9-12,19,23H,8,13H2,1-4H3. The quantitative estimate of drug-likeness (QED) is 0.238. The summed E-state index contributed by atoms with van der Waals surface area (Å²) in [4.78, 5) is 54.6. The lowest BCUT2D eigenvalue weighted by Crippen LogP contribution is -2.50. The number of ketones is 1. The third-order valence-corrected chi connectivity index (χ3v) is 7.06. The average Bonchev–Trinajstić information content (AvgIpc) is 3.50. The van der Waals surface area contributed by atoms with Crippen LogP contribution < -0.4 is 9.75 Å². The number of likely N-dealkylation sites (tertiary alicyclic amines) is 1. The number of carbonyl (C=O) groups excluding carboxylic acids is 3. The first kappa shape index (κ1) is 27.3. The molecule has 2 unspecified atom stereocenters. The van der Waals surface area contributed by atoms with Crippen molar-refractivity contribution < 1.29 is 23.5 Å². The summed E-state index contributed by atoms with van der Waals surface area (Å²) in [6.45, 7) is 4.25. The van der Waals surface area contributed by atoms with Gasteiger partial charge in [0.15, 0.2) is 11.6 Å². The summed E-state index contributed by atoms with van der Waals surface area (Å²) in [5.74, 6) is -0.301. The van der Waals surface area contributed by atoms with Crippen molar-refractivity contribution in [2.45, 2.75) is 39.4 Å². The largest absolute Gasteiger partial charge is 0.497 e. The Morgan fingerprint density at radius 3 is 2.48 bits per heavy atom. The molecule has 3 aromatic heterocycles. The van der Waals surface area contributed by atoms with E-state index in [4.69, 9.17) is 4.74 Å². The van der Waals surface area contributed by atoms with Gasteiger partial charge in [-0.15, -0.1) is 5.10 Å². The molecule has 1 aliphatic heterocycles. The number of pyridine rings is 1. The van der Waals surface area contributed by atoms with Gasteiger partial charge in [0, 0.05) is 55.7 Å². The molecule has 206 valence electrons. The number of ether oxygens (including phenoxy) is 1. The molecule has 5 rings (SSSR count). The number of fused-ring (bicyclic) bond motifs is 1. The molecular formula is C27H25BrFN7O4. The van der Waals surface area contributed by atoms with Crippen molar-refractivity contribution in [1.82, 2.24) is 29.7 Å². The van der Waals surface area contributed by atoms with Crippen molar-refractivity contribution in [3.05, 3.63) is 58.8 Å². The van der Waals surface area contributed by atoms with Gasteiger partial charge >= 0.3 is 0 Å². The lowest BCUT2D eigenvalue weighted by molar-refractivity contribution is -0.136. The van der Waals surface area contributed by atoms with Crippen LogP contribution in [0.3, 0.4) is 0 Å². The number of rotatable bonds is 6. The SMILES string of the molecule is COc1cc(Br)nc(N(C(=O)C2CC(F)CN2C(C)=O)n2nc(C(C)=O)c3cc(-c4cnc(C)nc4)ccc32)c1. The van der Waals surface area contributed by atoms with Crippen molar-refractivity contribution in [2.75, 3.05) is 18.7 Å². The summed E-state index contributed by atoms with van der Waals surface area (Å²) < 4.78 is 20.2. The molecule has 4 heterocycles. The lowest BCUT2D eigenvalue weighted by Gasteiger charge is -2.29. The number of anilines is 1. The van der Waals surface area contributed by atoms with Crippen LogP contribution in [0.2, 0.25) is 0 Å². The monoisotopic (exact) mass is 609 g/mol. The predicted octanol–water partition coefficient (Wildman–Crippen LogP) is 3.93. The number of benzene rings is 1. The summed E-state index contributed by atoms with van der Waals surface area (Å²) in [6, 6.07) is 7.31. The van der Waals surface area contributed by atoms with Crippen LogP contribution in [-0.2, 0) is 9.59 Å². The number of methoxy groups -OCH3 is 1. The molecule has 1 aromatic carbocycles. The van der Waals surface area contributed by atoms with E-state index in [0.29, 0.717) is 27.1 Å². The number of carbonyl (C=O) groups is 3. The zero-order chi connectivity index (χ0) is 28.7. The highest BCUT2D eigenvalue weighted by Gasteiger charge is 2.42. The molecule has 11 nitrogen and oxygen atoms in total. The van der Waals surface area contributed by atoms with Gasteiger partial charge in [0.2, 0.25) is 5.91 Å². The zero-order valence-electron chi connectivity index (χ0n) is 22.1. The summed E-state index contributed by atoms with van der Waals surface area (Å²) in [5.41, 5.74) is 2.01. The number of nitrogens with zero attached hydrogens (tertiary/aromatic N) is 7. The Balaban J connectivity index is 1.72. The molecular weight excluding hydrogens is 585 g/mol. The fourth-order valence-electron chi connectivity index (χ4n) is 4.73. The topological polar surface area (TPSA) is 123 Å². The molecule has 2 atom stereocenters. The molecule has 13 heteroatoms. The second-order valence-electron chi connectivity index (χ2n) is 9.40. The second kappa shape index (κ2) is 10.7. The van der Waals surface area contributed by atoms with Crippen LogP contribution in [0.25, 0.3) is 22.0 Å². The van der Waals surface area contributed by atoms with Crippen LogP contribution in [0.5, 0.6) is 5.75 Å². The highest BCUT2D eigenvalue weighted by atomic mass is 79.9. The van der Waals surface area contributed by atoms with E-state index in [-0.39, 0.29) is 30.3 Å². The molecule has 0 spiro atoms. The Hall–Kier alpha value is -4.26. The number of aromatic nitrogens is 5. The molecule has 0 radical (unpaired) electrons. The number of aryl methyl sites for hydroxylation is 1. The van der Waals surface area contributed by atoms with E-state index in [2.05, 4.69) is 36.0 Å². The molecule has 0 bridgehead atoms. The Morgan fingerprint density at radius 1 is 1.10 bits per heavy atom. The van der Waals surface area contributed by atoms with E-state index in [9.17, 15) is 18.8 Å². The fourth-order valence-corrected chi connectivity index (χ4v) is 5.14. The van der Waals surface area contributed by atoms with Crippen molar-refractivity contribution in [3.8, 4) is 16.9 Å². The maximum Gasteiger partial charge on any atom is 0.271 e. The summed E-state index contributed by atoms with van der Waals surface area (Å²) in [5, 5.41) is 6.15. The van der Waals surface area contributed by atoms with Crippen LogP contribution in [-0.4, -0.2) is 73.2 Å².